The lowest BCUT2D eigenvalue weighted by Crippen LogP contribution is -2.32. The van der Waals surface area contributed by atoms with E-state index in [1.807, 2.05) is 0 Å². The Labute approximate surface area is 178 Å². The quantitative estimate of drug-likeness (QED) is 0.503. The molecule has 2 rings (SSSR count). The first-order chi connectivity index (χ1) is 13.7. The van der Waals surface area contributed by atoms with Crippen LogP contribution in [0.15, 0.2) is 36.4 Å². The van der Waals surface area contributed by atoms with Gasteiger partial charge in [0.15, 0.2) is 0 Å². The average Bonchev–Trinajstić information content (AvgIpc) is 2.68. The van der Waals surface area contributed by atoms with Crippen molar-refractivity contribution in [2.75, 3.05) is 20.1 Å². The minimum atomic E-state index is -0.409. The number of rotatable bonds is 9. The second-order valence-electron chi connectivity index (χ2n) is 9.11. The van der Waals surface area contributed by atoms with Crippen LogP contribution in [0.2, 0.25) is 0 Å². The van der Waals surface area contributed by atoms with Crippen LogP contribution in [0.3, 0.4) is 0 Å². The molecule has 156 valence electrons. The van der Waals surface area contributed by atoms with E-state index in [2.05, 4.69) is 96.0 Å². The van der Waals surface area contributed by atoms with Gasteiger partial charge in [0.2, 0.25) is 0 Å². The number of aryl methyl sites for hydroxylation is 4. The summed E-state index contributed by atoms with van der Waals surface area (Å²) in [5.74, 6) is 0.287. The van der Waals surface area contributed by atoms with Gasteiger partial charge < -0.3 is 4.90 Å². The molecular weight excluding hydrogens is 352 g/mol. The molecule has 0 amide bonds. The minimum absolute atomic E-state index is 0.287. The van der Waals surface area contributed by atoms with E-state index >= 15 is 0 Å². The molecule has 1 unspecified atom stereocenters. The van der Waals surface area contributed by atoms with Crippen LogP contribution in [0.4, 0.5) is 0 Å². The molecule has 2 aromatic rings. The fourth-order valence-corrected chi connectivity index (χ4v) is 4.05. The standard InChI is InChI=1S/C27H38N2/c1-20(2)27(19-28,26-12-10-22(4)24(6)18-26)14-8-15-29(7)16-13-25-11-9-21(3)23(5)17-25/h9-12,17-18,20H,8,13-16H2,1-7H3. The highest BCUT2D eigenvalue weighted by Gasteiger charge is 2.35. The first-order valence-electron chi connectivity index (χ1n) is 10.9. The number of hydrogen-bond acceptors (Lipinski definition) is 2. The summed E-state index contributed by atoms with van der Waals surface area (Å²) in [5.41, 5.74) is 7.46. The van der Waals surface area contributed by atoms with Crippen molar-refractivity contribution in [3.05, 3.63) is 69.8 Å². The van der Waals surface area contributed by atoms with E-state index in [1.165, 1.54) is 33.4 Å². The summed E-state index contributed by atoms with van der Waals surface area (Å²) in [6.07, 6.45) is 3.00. The third-order valence-corrected chi connectivity index (χ3v) is 6.67. The number of hydrogen-bond donors (Lipinski definition) is 0. The normalized spacial score (nSPS) is 13.5. The van der Waals surface area contributed by atoms with E-state index in [0.29, 0.717) is 0 Å². The van der Waals surface area contributed by atoms with Gasteiger partial charge in [-0.3, -0.25) is 0 Å². The maximum Gasteiger partial charge on any atom is 0.0845 e. The lowest BCUT2D eigenvalue weighted by molar-refractivity contribution is 0.294. The Morgan fingerprint density at radius 2 is 1.52 bits per heavy atom. The Balaban J connectivity index is 1.98. The summed E-state index contributed by atoms with van der Waals surface area (Å²) in [4.78, 5) is 2.40. The fraction of sp³-hybridized carbons (Fsp3) is 0.519. The average molecular weight is 391 g/mol. The zero-order chi connectivity index (χ0) is 21.6. The molecule has 0 bridgehead atoms. The Bertz CT molecular complexity index is 859. The van der Waals surface area contributed by atoms with Crippen LogP contribution in [0, 0.1) is 44.9 Å². The van der Waals surface area contributed by atoms with Crippen molar-refractivity contribution in [2.45, 2.75) is 66.2 Å². The van der Waals surface area contributed by atoms with Gasteiger partial charge in [-0.25, -0.2) is 0 Å². The third-order valence-electron chi connectivity index (χ3n) is 6.67. The Morgan fingerprint density at radius 3 is 2.07 bits per heavy atom. The van der Waals surface area contributed by atoms with Gasteiger partial charge in [0, 0.05) is 6.54 Å². The largest absolute Gasteiger partial charge is 0.306 e. The summed E-state index contributed by atoms with van der Waals surface area (Å²) in [6.45, 7) is 15.1. The van der Waals surface area contributed by atoms with E-state index in [0.717, 1.165) is 32.4 Å². The second-order valence-corrected chi connectivity index (χ2v) is 9.11. The van der Waals surface area contributed by atoms with E-state index < -0.39 is 5.41 Å². The highest BCUT2D eigenvalue weighted by atomic mass is 15.1. The van der Waals surface area contributed by atoms with E-state index in [-0.39, 0.29) is 5.92 Å². The molecule has 0 aromatic heterocycles. The smallest absolute Gasteiger partial charge is 0.0845 e. The molecule has 1 atom stereocenters. The predicted octanol–water partition coefficient (Wildman–Crippen LogP) is 6.29. The minimum Gasteiger partial charge on any atom is -0.306 e. The number of benzene rings is 2. The van der Waals surface area contributed by atoms with E-state index in [4.69, 9.17) is 0 Å². The molecule has 2 aromatic carbocycles. The molecule has 0 N–H and O–H groups in total. The van der Waals surface area contributed by atoms with Crippen molar-refractivity contribution in [3.8, 4) is 6.07 Å². The Hall–Kier alpha value is -2.11. The summed E-state index contributed by atoms with van der Waals surface area (Å²) in [7, 11) is 2.19. The topological polar surface area (TPSA) is 27.0 Å². The van der Waals surface area contributed by atoms with E-state index in [9.17, 15) is 5.26 Å². The van der Waals surface area contributed by atoms with Crippen LogP contribution in [0.25, 0.3) is 0 Å². The Kier molecular flexibility index (Phi) is 8.05. The van der Waals surface area contributed by atoms with Crippen LogP contribution in [0.1, 0.15) is 60.1 Å². The molecule has 29 heavy (non-hydrogen) atoms. The van der Waals surface area contributed by atoms with Gasteiger partial charge in [0.25, 0.3) is 0 Å². The molecular formula is C27H38N2. The van der Waals surface area contributed by atoms with Gasteiger partial charge in [-0.15, -0.1) is 0 Å². The van der Waals surface area contributed by atoms with Crippen LogP contribution in [0.5, 0.6) is 0 Å². The summed E-state index contributed by atoms with van der Waals surface area (Å²) >= 11 is 0. The zero-order valence-electron chi connectivity index (χ0n) is 19.5. The predicted molar refractivity (Wildman–Crippen MR) is 124 cm³/mol. The van der Waals surface area contributed by atoms with Crippen molar-refractivity contribution < 1.29 is 0 Å². The Morgan fingerprint density at radius 1 is 0.897 bits per heavy atom. The molecule has 2 heteroatoms. The summed E-state index contributed by atoms with van der Waals surface area (Å²) in [5, 5.41) is 10.2. The highest BCUT2D eigenvalue weighted by molar-refractivity contribution is 5.39. The summed E-state index contributed by atoms with van der Waals surface area (Å²) < 4.78 is 0. The number of nitrogens with zero attached hydrogens (tertiary/aromatic N) is 2. The van der Waals surface area contributed by atoms with Gasteiger partial charge in [0.05, 0.1) is 11.5 Å². The van der Waals surface area contributed by atoms with Crippen LogP contribution >= 0.6 is 0 Å². The molecule has 0 aliphatic heterocycles. The maximum absolute atomic E-state index is 10.2. The van der Waals surface area contributed by atoms with E-state index in [1.54, 1.807) is 0 Å². The van der Waals surface area contributed by atoms with Crippen molar-refractivity contribution >= 4 is 0 Å². The molecule has 0 aliphatic carbocycles. The highest BCUT2D eigenvalue weighted by Crippen LogP contribution is 2.37. The van der Waals surface area contributed by atoms with Gasteiger partial charge in [0.1, 0.15) is 0 Å². The molecule has 0 spiro atoms. The summed E-state index contributed by atoms with van der Waals surface area (Å²) in [6, 6.07) is 16.0. The SMILES string of the molecule is Cc1ccc(CCN(C)CCCC(C#N)(c2ccc(C)c(C)c2)C(C)C)cc1C. The lowest BCUT2D eigenvalue weighted by atomic mass is 9.69. The maximum atomic E-state index is 10.2. The van der Waals surface area contributed by atoms with Crippen LogP contribution in [-0.4, -0.2) is 25.0 Å². The van der Waals surface area contributed by atoms with Crippen LogP contribution < -0.4 is 0 Å². The number of likely N-dealkylation sites (N-methyl/N-ethyl adjacent to an activating group) is 1. The first-order valence-corrected chi connectivity index (χ1v) is 10.9. The first kappa shape index (κ1) is 23.2. The van der Waals surface area contributed by atoms with Crippen molar-refractivity contribution in [2.24, 2.45) is 5.92 Å². The third kappa shape index (κ3) is 5.71. The molecule has 0 radical (unpaired) electrons. The van der Waals surface area contributed by atoms with Gasteiger partial charge >= 0.3 is 0 Å². The molecule has 0 fully saturated rings. The molecule has 0 saturated heterocycles. The van der Waals surface area contributed by atoms with Crippen molar-refractivity contribution in [1.82, 2.24) is 4.90 Å². The fourth-order valence-electron chi connectivity index (χ4n) is 4.05. The van der Waals surface area contributed by atoms with Gasteiger partial charge in [-0.1, -0.05) is 50.2 Å². The van der Waals surface area contributed by atoms with Crippen LogP contribution in [-0.2, 0) is 11.8 Å². The molecule has 0 saturated carbocycles. The van der Waals surface area contributed by atoms with Gasteiger partial charge in [-0.2, -0.15) is 5.26 Å². The lowest BCUT2D eigenvalue weighted by Gasteiger charge is -2.32. The monoisotopic (exact) mass is 390 g/mol. The second kappa shape index (κ2) is 10.1. The zero-order valence-corrected chi connectivity index (χ0v) is 19.5. The number of nitriles is 1. The van der Waals surface area contributed by atoms with Crippen molar-refractivity contribution in [3.63, 3.8) is 0 Å². The van der Waals surface area contributed by atoms with Crippen molar-refractivity contribution in [1.29, 1.82) is 5.26 Å². The van der Waals surface area contributed by atoms with Gasteiger partial charge in [-0.05, 0) is 99.8 Å². The molecule has 0 aliphatic rings. The molecule has 0 heterocycles. The molecule has 2 nitrogen and oxygen atoms in total.